The number of nitrogens with zero attached hydrogens (tertiary/aromatic N) is 1. The first-order chi connectivity index (χ1) is 18.4. The molecule has 0 bridgehead atoms. The van der Waals surface area contributed by atoms with E-state index in [1.54, 1.807) is 48.5 Å². The molecule has 0 aliphatic heterocycles. The van der Waals surface area contributed by atoms with Crippen molar-refractivity contribution >= 4 is 46.9 Å². The summed E-state index contributed by atoms with van der Waals surface area (Å²) < 4.78 is 24.4. The summed E-state index contributed by atoms with van der Waals surface area (Å²) in [6.07, 6.45) is 3.25. The third kappa shape index (κ3) is 8.90. The van der Waals surface area contributed by atoms with Crippen molar-refractivity contribution in [2.24, 2.45) is 5.10 Å². The minimum atomic E-state index is -0.972. The number of hydrogen-bond donors (Lipinski definition) is 3. The number of rotatable bonds is 11. The molecular weight excluding hydrogens is 515 g/mol. The summed E-state index contributed by atoms with van der Waals surface area (Å²) in [4.78, 5) is 36.5. The first kappa shape index (κ1) is 28.1. The lowest BCUT2D eigenvalue weighted by atomic mass is 10.2. The Morgan fingerprint density at radius 3 is 2.42 bits per heavy atom. The maximum absolute atomic E-state index is 13.3. The first-order valence-electron chi connectivity index (χ1n) is 11.7. The predicted octanol–water partition coefficient (Wildman–Crippen LogP) is 4.76. The highest BCUT2D eigenvalue weighted by atomic mass is 35.5. The Morgan fingerprint density at radius 2 is 1.68 bits per heavy atom. The van der Waals surface area contributed by atoms with E-state index in [0.29, 0.717) is 35.0 Å². The Hall–Kier alpha value is -4.44. The number of amides is 3. The quantitative estimate of drug-likeness (QED) is 0.140. The largest absolute Gasteiger partial charge is 0.494 e. The third-order valence-corrected chi connectivity index (χ3v) is 5.23. The normalized spacial score (nSPS) is 10.6. The summed E-state index contributed by atoms with van der Waals surface area (Å²) in [6.45, 7) is 2.33. The van der Waals surface area contributed by atoms with Gasteiger partial charge in [-0.1, -0.05) is 37.1 Å². The zero-order valence-corrected chi connectivity index (χ0v) is 21.3. The molecule has 0 saturated carbocycles. The molecule has 11 heteroatoms. The van der Waals surface area contributed by atoms with Crippen LogP contribution in [0, 0.1) is 5.82 Å². The molecule has 0 fully saturated rings. The van der Waals surface area contributed by atoms with E-state index in [-0.39, 0.29) is 11.6 Å². The Morgan fingerprint density at radius 1 is 0.947 bits per heavy atom. The van der Waals surface area contributed by atoms with Crippen LogP contribution in [0.4, 0.5) is 15.8 Å². The van der Waals surface area contributed by atoms with Crippen molar-refractivity contribution in [2.75, 3.05) is 23.8 Å². The van der Waals surface area contributed by atoms with E-state index in [0.717, 1.165) is 18.9 Å². The summed E-state index contributed by atoms with van der Waals surface area (Å²) in [7, 11) is 0. The number of hydrogen-bond acceptors (Lipinski definition) is 6. The second-order valence-electron chi connectivity index (χ2n) is 7.88. The maximum Gasteiger partial charge on any atom is 0.329 e. The van der Waals surface area contributed by atoms with Crippen LogP contribution in [0.2, 0.25) is 5.02 Å². The number of unbranched alkanes of at least 4 members (excludes halogenated alkanes) is 1. The summed E-state index contributed by atoms with van der Waals surface area (Å²) in [5, 5.41) is 8.70. The monoisotopic (exact) mass is 540 g/mol. The zero-order valence-electron chi connectivity index (χ0n) is 20.5. The molecule has 3 N–H and O–H groups in total. The Bertz CT molecular complexity index is 1300. The summed E-state index contributed by atoms with van der Waals surface area (Å²) in [6, 6.07) is 17.1. The highest BCUT2D eigenvalue weighted by Crippen LogP contribution is 2.20. The van der Waals surface area contributed by atoms with E-state index >= 15 is 0 Å². The van der Waals surface area contributed by atoms with Crippen LogP contribution in [0.3, 0.4) is 0 Å². The number of halogens is 2. The fraction of sp³-hybridized carbons (Fsp3) is 0.185. The van der Waals surface area contributed by atoms with Gasteiger partial charge < -0.3 is 20.1 Å². The van der Waals surface area contributed by atoms with Crippen molar-refractivity contribution in [2.45, 2.75) is 19.8 Å². The smallest absolute Gasteiger partial charge is 0.329 e. The van der Waals surface area contributed by atoms with Crippen molar-refractivity contribution in [3.63, 3.8) is 0 Å². The molecule has 3 aromatic carbocycles. The zero-order chi connectivity index (χ0) is 27.3. The molecule has 3 amide bonds. The van der Waals surface area contributed by atoms with Crippen LogP contribution < -0.4 is 25.5 Å². The lowest BCUT2D eigenvalue weighted by molar-refractivity contribution is -0.136. The standard InChI is InChI=1S/C27H26ClFN4O5/c1-2-3-14-37-21-11-8-19(9-12-21)32-26(35)27(36)33-30-16-18-6-4-5-7-24(18)38-17-25(34)31-20-10-13-23(29)22(28)15-20/h4-13,15-16H,2-3,14,17H2,1H3,(H,31,34)(H,32,35)(H,33,36)/b30-16-. The molecule has 198 valence electrons. The van der Waals surface area contributed by atoms with Gasteiger partial charge in [0.2, 0.25) is 0 Å². The van der Waals surface area contributed by atoms with Gasteiger partial charge in [0.15, 0.2) is 6.61 Å². The molecule has 3 rings (SSSR count). The molecule has 0 aromatic heterocycles. The van der Waals surface area contributed by atoms with Crippen LogP contribution in [0.5, 0.6) is 11.5 Å². The van der Waals surface area contributed by atoms with Gasteiger partial charge in [-0.05, 0) is 61.0 Å². The summed E-state index contributed by atoms with van der Waals surface area (Å²) >= 11 is 5.72. The number of para-hydroxylation sites is 1. The van der Waals surface area contributed by atoms with Crippen molar-refractivity contribution in [1.82, 2.24) is 5.43 Å². The average molecular weight is 541 g/mol. The van der Waals surface area contributed by atoms with E-state index in [1.807, 2.05) is 0 Å². The second-order valence-corrected chi connectivity index (χ2v) is 8.29. The molecule has 0 unspecified atom stereocenters. The van der Waals surface area contributed by atoms with Crippen molar-refractivity contribution < 1.29 is 28.2 Å². The molecule has 9 nitrogen and oxygen atoms in total. The van der Waals surface area contributed by atoms with E-state index in [1.165, 1.54) is 18.3 Å². The van der Waals surface area contributed by atoms with Gasteiger partial charge in [0.1, 0.15) is 17.3 Å². The molecule has 0 aliphatic rings. The number of ether oxygens (including phenoxy) is 2. The molecule has 38 heavy (non-hydrogen) atoms. The minimum Gasteiger partial charge on any atom is -0.494 e. The van der Waals surface area contributed by atoms with Gasteiger partial charge in [-0.15, -0.1) is 0 Å². The summed E-state index contributed by atoms with van der Waals surface area (Å²) in [5.41, 5.74) is 3.34. The van der Waals surface area contributed by atoms with Crippen LogP contribution in [0.15, 0.2) is 71.8 Å². The number of carbonyl (C=O) groups excluding carboxylic acids is 3. The molecule has 3 aromatic rings. The van der Waals surface area contributed by atoms with Crippen LogP contribution >= 0.6 is 11.6 Å². The van der Waals surface area contributed by atoms with Crippen molar-refractivity contribution in [3.8, 4) is 11.5 Å². The molecule has 0 heterocycles. The molecule has 0 atom stereocenters. The second kappa shape index (κ2) is 14.3. The van der Waals surface area contributed by atoms with Crippen LogP contribution in [0.1, 0.15) is 25.3 Å². The fourth-order valence-corrected chi connectivity index (χ4v) is 3.18. The third-order valence-electron chi connectivity index (χ3n) is 4.94. The SMILES string of the molecule is CCCCOc1ccc(NC(=O)C(=O)N/N=C\c2ccccc2OCC(=O)Nc2ccc(F)c(Cl)c2)cc1. The van der Waals surface area contributed by atoms with Gasteiger partial charge in [-0.25, -0.2) is 9.82 Å². The minimum absolute atomic E-state index is 0.119. The van der Waals surface area contributed by atoms with Gasteiger partial charge in [0.25, 0.3) is 5.91 Å². The summed E-state index contributed by atoms with van der Waals surface area (Å²) in [5.74, 6) is -1.98. The Labute approximate surface area is 224 Å². The van der Waals surface area contributed by atoms with E-state index < -0.39 is 23.5 Å². The number of hydrazone groups is 1. The first-order valence-corrected chi connectivity index (χ1v) is 12.1. The highest BCUT2D eigenvalue weighted by Gasteiger charge is 2.13. The van der Waals surface area contributed by atoms with Crippen LogP contribution in [0.25, 0.3) is 0 Å². The van der Waals surface area contributed by atoms with Crippen molar-refractivity contribution in [1.29, 1.82) is 0 Å². The predicted molar refractivity (Wildman–Crippen MR) is 143 cm³/mol. The number of carbonyl (C=O) groups is 3. The molecule has 0 spiro atoms. The van der Waals surface area contributed by atoms with Crippen LogP contribution in [-0.2, 0) is 14.4 Å². The molecule has 0 saturated heterocycles. The Balaban J connectivity index is 1.48. The van der Waals surface area contributed by atoms with Crippen molar-refractivity contribution in [3.05, 3.63) is 83.1 Å². The maximum atomic E-state index is 13.3. The average Bonchev–Trinajstić information content (AvgIpc) is 2.91. The van der Waals surface area contributed by atoms with E-state index in [9.17, 15) is 18.8 Å². The van der Waals surface area contributed by atoms with Gasteiger partial charge >= 0.3 is 11.8 Å². The van der Waals surface area contributed by atoms with Gasteiger partial charge in [-0.2, -0.15) is 5.10 Å². The number of anilines is 2. The number of nitrogens with one attached hydrogen (secondary N) is 3. The highest BCUT2D eigenvalue weighted by molar-refractivity contribution is 6.39. The lowest BCUT2D eigenvalue weighted by Gasteiger charge is -2.10. The van der Waals surface area contributed by atoms with Gasteiger partial charge in [0.05, 0.1) is 17.8 Å². The molecular formula is C27H26ClFN4O5. The van der Waals surface area contributed by atoms with Gasteiger partial charge in [0, 0.05) is 16.9 Å². The lowest BCUT2D eigenvalue weighted by Crippen LogP contribution is -2.32. The van der Waals surface area contributed by atoms with E-state index in [4.69, 9.17) is 21.1 Å². The Kier molecular flexibility index (Phi) is 10.6. The number of benzene rings is 3. The van der Waals surface area contributed by atoms with Gasteiger partial charge in [-0.3, -0.25) is 14.4 Å². The van der Waals surface area contributed by atoms with Crippen LogP contribution in [-0.4, -0.2) is 37.1 Å². The molecule has 0 radical (unpaired) electrons. The topological polar surface area (TPSA) is 118 Å². The fourth-order valence-electron chi connectivity index (χ4n) is 3.00. The van der Waals surface area contributed by atoms with E-state index in [2.05, 4.69) is 28.1 Å². The molecule has 0 aliphatic carbocycles.